The molecule has 0 fully saturated rings. The van der Waals surface area contributed by atoms with Crippen LogP contribution in [0.1, 0.15) is 20.7 Å². The van der Waals surface area contributed by atoms with Crippen molar-refractivity contribution < 1.29 is 36.0 Å². The number of rotatable bonds is 3. The average molecular weight is 291 g/mol. The van der Waals surface area contributed by atoms with Gasteiger partial charge in [-0.05, 0) is 12.1 Å². The third kappa shape index (κ3) is 2.95. The Labute approximate surface area is 112 Å². The van der Waals surface area contributed by atoms with Gasteiger partial charge in [0.15, 0.2) is 0 Å². The molecule has 96 valence electrons. The Morgan fingerprint density at radius 3 is 2.44 bits per heavy atom. The predicted molar refractivity (Wildman–Crippen MR) is 56.5 cm³/mol. The quantitative estimate of drug-likeness (QED) is 0.848. The molecule has 2 aromatic rings. The van der Waals surface area contributed by atoms with Gasteiger partial charge in [0.05, 0.1) is 17.3 Å². The van der Waals surface area contributed by atoms with Gasteiger partial charge in [-0.1, -0.05) is 12.1 Å². The number of aromatic nitrogens is 2. The Bertz CT molecular complexity index is 554. The molecule has 18 heavy (non-hydrogen) atoms. The summed E-state index contributed by atoms with van der Waals surface area (Å²) < 4.78 is 1.10. The van der Waals surface area contributed by atoms with Crippen molar-refractivity contribution in [1.82, 2.24) is 9.71 Å². The van der Waals surface area contributed by atoms with Crippen LogP contribution in [0.4, 0.5) is 0 Å². The summed E-state index contributed by atoms with van der Waals surface area (Å²) in [6, 6.07) is 5.84. The maximum absolute atomic E-state index is 11.7. The van der Waals surface area contributed by atoms with E-state index in [-0.39, 0.29) is 27.6 Å². The van der Waals surface area contributed by atoms with E-state index in [4.69, 9.17) is 9.94 Å². The van der Waals surface area contributed by atoms with Crippen molar-refractivity contribution in [3.05, 3.63) is 54.1 Å². The van der Waals surface area contributed by atoms with E-state index in [1.165, 1.54) is 36.9 Å². The average Bonchev–Trinajstić information content (AvgIpc) is 2.81. The van der Waals surface area contributed by atoms with Crippen molar-refractivity contribution in [2.45, 2.75) is 0 Å². The van der Waals surface area contributed by atoms with Gasteiger partial charge in [-0.25, -0.2) is 14.6 Å². The van der Waals surface area contributed by atoms with Crippen molar-refractivity contribution >= 4 is 11.9 Å². The van der Waals surface area contributed by atoms with Gasteiger partial charge in [-0.2, -0.15) is 4.73 Å². The van der Waals surface area contributed by atoms with Gasteiger partial charge in [-0.15, -0.1) is 0 Å². The first-order valence-electron chi connectivity index (χ1n) is 4.71. The Kier molecular flexibility index (Phi) is 4.62. The summed E-state index contributed by atoms with van der Waals surface area (Å²) >= 11 is 0. The summed E-state index contributed by atoms with van der Waals surface area (Å²) in [5.41, 5.74) is -0.105. The maximum atomic E-state index is 11.7. The van der Waals surface area contributed by atoms with E-state index in [1.54, 1.807) is 6.07 Å². The van der Waals surface area contributed by atoms with Crippen LogP contribution in [0.25, 0.3) is 0 Å². The minimum atomic E-state index is -1.18. The first-order valence-corrected chi connectivity index (χ1v) is 4.71. The van der Waals surface area contributed by atoms with Crippen molar-refractivity contribution in [3.63, 3.8) is 0 Å². The molecule has 6 nitrogen and oxygen atoms in total. The number of hydrogen-bond acceptors (Lipinski definition) is 4. The molecule has 1 aromatic heterocycles. The largest absolute Gasteiger partial charge is 0.478 e. The molecular weight excluding hydrogens is 283 g/mol. The molecule has 0 bridgehead atoms. The number of imidazole rings is 1. The van der Waals surface area contributed by atoms with E-state index in [9.17, 15) is 9.59 Å². The second-order valence-corrected chi connectivity index (χ2v) is 3.15. The number of carbonyl (C=O) groups is 2. The smallest absolute Gasteiger partial charge is 0.364 e. The summed E-state index contributed by atoms with van der Waals surface area (Å²) in [7, 11) is 0. The van der Waals surface area contributed by atoms with Crippen LogP contribution in [0.2, 0.25) is 0 Å². The van der Waals surface area contributed by atoms with Crippen LogP contribution < -0.4 is 4.84 Å². The van der Waals surface area contributed by atoms with Gasteiger partial charge < -0.3 is 9.94 Å². The number of carboxylic acids is 1. The van der Waals surface area contributed by atoms with E-state index >= 15 is 0 Å². The first kappa shape index (κ1) is 13.9. The van der Waals surface area contributed by atoms with Gasteiger partial charge in [0.1, 0.15) is 6.33 Å². The second-order valence-electron chi connectivity index (χ2n) is 3.15. The monoisotopic (exact) mass is 290 g/mol. The zero-order valence-corrected chi connectivity index (χ0v) is 9.91. The molecular formula is C11H8N2NiO4. The molecule has 0 unspecified atom stereocenters. The van der Waals surface area contributed by atoms with Crippen LogP contribution in [0.15, 0.2) is 43.0 Å². The van der Waals surface area contributed by atoms with Crippen LogP contribution in [-0.4, -0.2) is 26.8 Å². The SMILES string of the molecule is O=C(O)c1ccccc1C(=O)On1ccnc1.[Ni]. The Balaban J connectivity index is 0.00000162. The minimum absolute atomic E-state index is 0. The van der Waals surface area contributed by atoms with Crippen molar-refractivity contribution in [2.75, 3.05) is 0 Å². The van der Waals surface area contributed by atoms with Crippen LogP contribution in [-0.2, 0) is 16.5 Å². The van der Waals surface area contributed by atoms with Crippen molar-refractivity contribution in [2.24, 2.45) is 0 Å². The third-order valence-corrected chi connectivity index (χ3v) is 2.05. The Morgan fingerprint density at radius 1 is 1.22 bits per heavy atom. The molecule has 0 radical (unpaired) electrons. The van der Waals surface area contributed by atoms with Gasteiger partial charge in [0.25, 0.3) is 0 Å². The molecule has 0 saturated carbocycles. The summed E-state index contributed by atoms with van der Waals surface area (Å²) in [6.45, 7) is 0. The zero-order chi connectivity index (χ0) is 12.3. The van der Waals surface area contributed by atoms with Crippen molar-refractivity contribution in [3.8, 4) is 0 Å². The fraction of sp³-hybridized carbons (Fsp3) is 0. The number of benzene rings is 1. The van der Waals surface area contributed by atoms with Gasteiger partial charge >= 0.3 is 11.9 Å². The number of nitrogens with zero attached hydrogens (tertiary/aromatic N) is 2. The molecule has 0 spiro atoms. The fourth-order valence-electron chi connectivity index (χ4n) is 1.29. The summed E-state index contributed by atoms with van der Waals surface area (Å²) in [5, 5.41) is 8.91. The molecule has 0 atom stereocenters. The van der Waals surface area contributed by atoms with Gasteiger partial charge in [0, 0.05) is 22.7 Å². The summed E-state index contributed by atoms with van der Waals surface area (Å²) in [4.78, 5) is 31.2. The summed E-state index contributed by atoms with van der Waals surface area (Å²) in [5.74, 6) is -1.93. The number of carbonyl (C=O) groups excluding carboxylic acids is 1. The van der Waals surface area contributed by atoms with Crippen LogP contribution in [0.5, 0.6) is 0 Å². The minimum Gasteiger partial charge on any atom is -0.478 e. The normalized spacial score (nSPS) is 9.33. The van der Waals surface area contributed by atoms with E-state index in [0.717, 1.165) is 4.73 Å². The van der Waals surface area contributed by atoms with Crippen LogP contribution in [0, 0.1) is 0 Å². The molecule has 7 heteroatoms. The number of aromatic carboxylic acids is 1. The number of carboxylic acid groups (broad SMARTS) is 1. The first-order chi connectivity index (χ1) is 8.18. The molecule has 1 aromatic carbocycles. The molecule has 0 aliphatic rings. The topological polar surface area (TPSA) is 81.4 Å². The predicted octanol–water partition coefficient (Wildman–Crippen LogP) is 0.848. The van der Waals surface area contributed by atoms with Gasteiger partial charge in [-0.3, -0.25) is 0 Å². The van der Waals surface area contributed by atoms with E-state index < -0.39 is 11.9 Å². The van der Waals surface area contributed by atoms with E-state index in [0.29, 0.717) is 0 Å². The fourth-order valence-corrected chi connectivity index (χ4v) is 1.29. The van der Waals surface area contributed by atoms with E-state index in [2.05, 4.69) is 4.98 Å². The number of hydrogen-bond donors (Lipinski definition) is 1. The standard InChI is InChI=1S/C11H8N2O4.Ni/c14-10(15)8-3-1-2-4-9(8)11(16)17-13-6-5-12-7-13;/h1-7H,(H,14,15);. The van der Waals surface area contributed by atoms with Crippen molar-refractivity contribution in [1.29, 1.82) is 0 Å². The summed E-state index contributed by atoms with van der Waals surface area (Å²) in [6.07, 6.45) is 4.17. The third-order valence-electron chi connectivity index (χ3n) is 2.05. The Morgan fingerprint density at radius 2 is 1.89 bits per heavy atom. The molecule has 0 aliphatic heterocycles. The molecule has 1 heterocycles. The molecule has 0 amide bonds. The second kappa shape index (κ2) is 5.98. The molecule has 0 saturated heterocycles. The van der Waals surface area contributed by atoms with Crippen LogP contribution >= 0.6 is 0 Å². The van der Waals surface area contributed by atoms with E-state index in [1.807, 2.05) is 0 Å². The van der Waals surface area contributed by atoms with Crippen LogP contribution in [0.3, 0.4) is 0 Å². The molecule has 1 N–H and O–H groups in total. The Hall–Kier alpha value is -2.14. The maximum Gasteiger partial charge on any atom is 0.364 e. The molecule has 0 aliphatic carbocycles. The van der Waals surface area contributed by atoms with Gasteiger partial charge in [0.2, 0.25) is 0 Å². The zero-order valence-electron chi connectivity index (χ0n) is 8.92. The molecule has 2 rings (SSSR count).